The Balaban J connectivity index is 0.00000242. The Morgan fingerprint density at radius 3 is 2.55 bits per heavy atom. The van der Waals surface area contributed by atoms with E-state index in [0.29, 0.717) is 18.0 Å². The number of rotatable bonds is 7. The maximum Gasteiger partial charge on any atom is 0.240 e. The van der Waals surface area contributed by atoms with E-state index < -0.39 is 10.0 Å². The number of hydrogen-bond donors (Lipinski definition) is 2. The molecule has 1 saturated heterocycles. The van der Waals surface area contributed by atoms with E-state index in [1.807, 2.05) is 18.4 Å². The van der Waals surface area contributed by atoms with Gasteiger partial charge in [-0.3, -0.25) is 0 Å². The van der Waals surface area contributed by atoms with Crippen LogP contribution in [0.25, 0.3) is 0 Å². The van der Waals surface area contributed by atoms with Crippen molar-refractivity contribution in [2.45, 2.75) is 28.2 Å². The van der Waals surface area contributed by atoms with Gasteiger partial charge < -0.3 is 10.1 Å². The molecule has 1 fully saturated rings. The molecular weight excluding hydrogens is 344 g/mol. The molecule has 1 heterocycles. The third-order valence-electron chi connectivity index (χ3n) is 3.72. The van der Waals surface area contributed by atoms with Crippen molar-refractivity contribution in [2.75, 3.05) is 33.1 Å². The lowest BCUT2D eigenvalue weighted by Gasteiger charge is -2.28. The Morgan fingerprint density at radius 1 is 1.36 bits per heavy atom. The van der Waals surface area contributed by atoms with Gasteiger partial charge in [-0.2, -0.15) is 0 Å². The summed E-state index contributed by atoms with van der Waals surface area (Å²) in [6.45, 7) is 1.74. The molecule has 2 N–H and O–H groups in total. The van der Waals surface area contributed by atoms with Crippen LogP contribution in [0, 0.1) is 0 Å². The van der Waals surface area contributed by atoms with Gasteiger partial charge in [0.15, 0.2) is 0 Å². The molecule has 1 atom stereocenters. The smallest absolute Gasteiger partial charge is 0.240 e. The minimum atomic E-state index is -3.48. The van der Waals surface area contributed by atoms with Gasteiger partial charge in [-0.15, -0.1) is 24.2 Å². The van der Waals surface area contributed by atoms with E-state index in [2.05, 4.69) is 10.0 Å². The fraction of sp³-hybridized carbons (Fsp3) is 0.571. The fourth-order valence-electron chi connectivity index (χ4n) is 2.54. The van der Waals surface area contributed by atoms with Crippen molar-refractivity contribution in [1.82, 2.24) is 10.0 Å². The minimum Gasteiger partial charge on any atom is -0.383 e. The minimum absolute atomic E-state index is 0. The standard InChI is InChI=1S/C14H22N2O3S2.ClH/c1-19-11-14(8-3-9-15-14)10-16-21(17,18)13-6-4-12(20-2)5-7-13;/h4-7,15-16H,3,8-11H2,1-2H3;1H. The molecule has 1 aromatic carbocycles. The Hall–Kier alpha value is -0.310. The molecule has 22 heavy (non-hydrogen) atoms. The molecule has 126 valence electrons. The van der Waals surface area contributed by atoms with Gasteiger partial charge in [0.2, 0.25) is 10.0 Å². The number of nitrogens with one attached hydrogen (secondary N) is 2. The molecule has 5 nitrogen and oxygen atoms in total. The second-order valence-corrected chi connectivity index (χ2v) is 7.89. The first-order valence-electron chi connectivity index (χ1n) is 6.89. The first kappa shape index (κ1) is 19.7. The van der Waals surface area contributed by atoms with E-state index in [9.17, 15) is 8.42 Å². The van der Waals surface area contributed by atoms with Crippen LogP contribution in [-0.2, 0) is 14.8 Å². The topological polar surface area (TPSA) is 67.4 Å². The molecule has 0 spiro atoms. The van der Waals surface area contributed by atoms with E-state index >= 15 is 0 Å². The predicted molar refractivity (Wildman–Crippen MR) is 92.5 cm³/mol. The van der Waals surface area contributed by atoms with Crippen molar-refractivity contribution in [3.63, 3.8) is 0 Å². The predicted octanol–water partition coefficient (Wildman–Crippen LogP) is 1.88. The monoisotopic (exact) mass is 366 g/mol. The molecule has 2 rings (SSSR count). The molecular formula is C14H23ClN2O3S2. The lowest BCUT2D eigenvalue weighted by Crippen LogP contribution is -2.52. The molecule has 0 amide bonds. The van der Waals surface area contributed by atoms with E-state index in [1.54, 1.807) is 31.0 Å². The lowest BCUT2D eigenvalue weighted by molar-refractivity contribution is 0.122. The number of thioether (sulfide) groups is 1. The highest BCUT2D eigenvalue weighted by Gasteiger charge is 2.34. The van der Waals surface area contributed by atoms with E-state index in [-0.39, 0.29) is 17.9 Å². The average molecular weight is 367 g/mol. The van der Waals surface area contributed by atoms with Crippen molar-refractivity contribution in [2.24, 2.45) is 0 Å². The summed E-state index contributed by atoms with van der Waals surface area (Å²) in [7, 11) is -1.85. The highest BCUT2D eigenvalue weighted by atomic mass is 35.5. The zero-order valence-electron chi connectivity index (χ0n) is 12.8. The molecule has 0 aliphatic carbocycles. The molecule has 0 saturated carbocycles. The van der Waals surface area contributed by atoms with Crippen LogP contribution in [0.15, 0.2) is 34.1 Å². The molecule has 0 radical (unpaired) electrons. The third-order valence-corrected chi connectivity index (χ3v) is 5.88. The molecule has 1 aliphatic rings. The third kappa shape index (κ3) is 4.84. The summed E-state index contributed by atoms with van der Waals surface area (Å²) in [6.07, 6.45) is 3.91. The normalized spacial score (nSPS) is 21.5. The summed E-state index contributed by atoms with van der Waals surface area (Å²) >= 11 is 1.59. The second kappa shape index (κ2) is 8.52. The van der Waals surface area contributed by atoms with Gasteiger partial charge in [-0.05, 0) is 49.9 Å². The quantitative estimate of drug-likeness (QED) is 0.721. The second-order valence-electron chi connectivity index (χ2n) is 5.24. The SMILES string of the molecule is COCC1(CNS(=O)(=O)c2ccc(SC)cc2)CCCN1.Cl. The van der Waals surface area contributed by atoms with Crippen LogP contribution in [0.3, 0.4) is 0 Å². The van der Waals surface area contributed by atoms with Gasteiger partial charge in [0, 0.05) is 18.6 Å². The molecule has 1 unspecified atom stereocenters. The summed E-state index contributed by atoms with van der Waals surface area (Å²) in [4.78, 5) is 1.34. The van der Waals surface area contributed by atoms with E-state index in [1.165, 1.54) is 0 Å². The van der Waals surface area contributed by atoms with E-state index in [4.69, 9.17) is 4.74 Å². The highest BCUT2D eigenvalue weighted by Crippen LogP contribution is 2.21. The van der Waals surface area contributed by atoms with Crippen molar-refractivity contribution >= 4 is 34.2 Å². The summed E-state index contributed by atoms with van der Waals surface area (Å²) in [5.41, 5.74) is -0.291. The number of benzene rings is 1. The van der Waals surface area contributed by atoms with Crippen LogP contribution in [0.1, 0.15) is 12.8 Å². The van der Waals surface area contributed by atoms with Gasteiger partial charge in [0.05, 0.1) is 17.0 Å². The van der Waals surface area contributed by atoms with Crippen LogP contribution < -0.4 is 10.0 Å². The maximum atomic E-state index is 12.3. The molecule has 0 aromatic heterocycles. The Bertz CT molecular complexity index is 558. The first-order valence-corrected chi connectivity index (χ1v) is 9.60. The van der Waals surface area contributed by atoms with Crippen LogP contribution in [0.5, 0.6) is 0 Å². The lowest BCUT2D eigenvalue weighted by atomic mass is 9.99. The Labute approximate surface area is 143 Å². The summed E-state index contributed by atoms with van der Waals surface area (Å²) < 4.78 is 32.6. The van der Waals surface area contributed by atoms with Gasteiger partial charge in [-0.25, -0.2) is 13.1 Å². The first-order chi connectivity index (χ1) is 10.0. The largest absolute Gasteiger partial charge is 0.383 e. The molecule has 1 aliphatic heterocycles. The van der Waals surface area contributed by atoms with Crippen LogP contribution >= 0.6 is 24.2 Å². The average Bonchev–Trinajstić information content (AvgIpc) is 2.95. The van der Waals surface area contributed by atoms with Crippen LogP contribution in [-0.4, -0.2) is 47.0 Å². The Kier molecular flexibility index (Phi) is 7.64. The summed E-state index contributed by atoms with van der Waals surface area (Å²) in [6, 6.07) is 6.91. The van der Waals surface area contributed by atoms with Crippen LogP contribution in [0.2, 0.25) is 0 Å². The van der Waals surface area contributed by atoms with Crippen LogP contribution in [0.4, 0.5) is 0 Å². The molecule has 1 aromatic rings. The van der Waals surface area contributed by atoms with Crippen molar-refractivity contribution in [3.8, 4) is 0 Å². The van der Waals surface area contributed by atoms with Crippen molar-refractivity contribution in [3.05, 3.63) is 24.3 Å². The van der Waals surface area contributed by atoms with Crippen molar-refractivity contribution < 1.29 is 13.2 Å². The number of halogens is 1. The zero-order valence-corrected chi connectivity index (χ0v) is 15.2. The van der Waals surface area contributed by atoms with Gasteiger partial charge in [0.1, 0.15) is 0 Å². The number of sulfonamides is 1. The van der Waals surface area contributed by atoms with Gasteiger partial charge in [0.25, 0.3) is 0 Å². The van der Waals surface area contributed by atoms with Crippen molar-refractivity contribution in [1.29, 1.82) is 0 Å². The zero-order chi connectivity index (χ0) is 15.3. The van der Waals surface area contributed by atoms with Gasteiger partial charge >= 0.3 is 0 Å². The van der Waals surface area contributed by atoms with Gasteiger partial charge in [-0.1, -0.05) is 0 Å². The number of hydrogen-bond acceptors (Lipinski definition) is 5. The number of methoxy groups -OCH3 is 1. The molecule has 0 bridgehead atoms. The number of ether oxygens (including phenoxy) is 1. The highest BCUT2D eigenvalue weighted by molar-refractivity contribution is 7.98. The summed E-state index contributed by atoms with van der Waals surface area (Å²) in [5, 5.41) is 3.36. The van der Waals surface area contributed by atoms with E-state index in [0.717, 1.165) is 24.3 Å². The Morgan fingerprint density at radius 2 is 2.05 bits per heavy atom. The fourth-order valence-corrected chi connectivity index (χ4v) is 4.08. The summed E-state index contributed by atoms with van der Waals surface area (Å²) in [5.74, 6) is 0. The maximum absolute atomic E-state index is 12.3. The molecule has 8 heteroatoms.